The molecule has 0 heterocycles. The van der Waals surface area contributed by atoms with E-state index in [1.54, 1.807) is 0 Å². The number of ether oxygens (including phenoxy) is 2. The summed E-state index contributed by atoms with van der Waals surface area (Å²) in [5, 5.41) is 2.43. The minimum absolute atomic E-state index is 0.0545. The van der Waals surface area contributed by atoms with Crippen LogP contribution in [-0.4, -0.2) is 32.1 Å². The van der Waals surface area contributed by atoms with Gasteiger partial charge in [-0.15, -0.1) is 0 Å². The molecule has 0 fully saturated rings. The van der Waals surface area contributed by atoms with E-state index in [1.165, 1.54) is 33.3 Å². The van der Waals surface area contributed by atoms with E-state index >= 15 is 0 Å². The van der Waals surface area contributed by atoms with Crippen molar-refractivity contribution in [2.45, 2.75) is 6.92 Å². The van der Waals surface area contributed by atoms with Crippen LogP contribution in [0.4, 0.5) is 11.4 Å². The first-order valence-corrected chi connectivity index (χ1v) is 5.28. The summed E-state index contributed by atoms with van der Waals surface area (Å²) in [4.78, 5) is 34.2. The highest BCUT2D eigenvalue weighted by molar-refractivity contribution is 6.05. The molecule has 0 aliphatic carbocycles. The summed E-state index contributed by atoms with van der Waals surface area (Å²) in [5.41, 5.74) is 5.97. The molecule has 0 aliphatic rings. The van der Waals surface area contributed by atoms with Crippen molar-refractivity contribution < 1.29 is 23.9 Å². The highest BCUT2D eigenvalue weighted by atomic mass is 16.5. The van der Waals surface area contributed by atoms with Crippen LogP contribution in [0, 0.1) is 0 Å². The van der Waals surface area contributed by atoms with E-state index in [4.69, 9.17) is 5.73 Å². The lowest BCUT2D eigenvalue weighted by molar-refractivity contribution is -0.114. The Morgan fingerprint density at radius 3 is 2.05 bits per heavy atom. The Morgan fingerprint density at radius 2 is 1.58 bits per heavy atom. The fourth-order valence-corrected chi connectivity index (χ4v) is 1.48. The van der Waals surface area contributed by atoms with Crippen LogP contribution in [0.15, 0.2) is 12.1 Å². The van der Waals surface area contributed by atoms with E-state index in [0.717, 1.165) is 0 Å². The van der Waals surface area contributed by atoms with Gasteiger partial charge in [-0.05, 0) is 12.1 Å². The second-order valence-electron chi connectivity index (χ2n) is 3.65. The van der Waals surface area contributed by atoms with E-state index in [0.29, 0.717) is 0 Å². The molecule has 0 aromatic heterocycles. The molecule has 0 unspecified atom stereocenters. The van der Waals surface area contributed by atoms with Crippen LogP contribution in [0.1, 0.15) is 27.6 Å². The Morgan fingerprint density at radius 1 is 1.05 bits per heavy atom. The summed E-state index contributed by atoms with van der Waals surface area (Å²) < 4.78 is 9.13. The van der Waals surface area contributed by atoms with E-state index in [-0.39, 0.29) is 22.5 Å². The van der Waals surface area contributed by atoms with Crippen LogP contribution in [0.5, 0.6) is 0 Å². The van der Waals surface area contributed by atoms with Crippen molar-refractivity contribution in [3.63, 3.8) is 0 Å². The number of nitrogen functional groups attached to an aromatic ring is 1. The summed E-state index contributed by atoms with van der Waals surface area (Å²) in [5.74, 6) is -1.74. The number of amides is 1. The Labute approximate surface area is 109 Å². The fraction of sp³-hybridized carbons (Fsp3) is 0.250. The van der Waals surface area contributed by atoms with Crippen LogP contribution >= 0.6 is 0 Å². The van der Waals surface area contributed by atoms with E-state index in [9.17, 15) is 14.4 Å². The second kappa shape index (κ2) is 5.85. The lowest BCUT2D eigenvalue weighted by Crippen LogP contribution is -2.15. The topological polar surface area (TPSA) is 108 Å². The van der Waals surface area contributed by atoms with Crippen molar-refractivity contribution in [1.82, 2.24) is 0 Å². The van der Waals surface area contributed by atoms with Gasteiger partial charge in [0.15, 0.2) is 0 Å². The quantitative estimate of drug-likeness (QED) is 0.619. The third kappa shape index (κ3) is 3.21. The summed E-state index contributed by atoms with van der Waals surface area (Å²) in [6, 6.07) is 2.53. The summed E-state index contributed by atoms with van der Waals surface area (Å²) in [6.45, 7) is 1.27. The first kappa shape index (κ1) is 14.5. The number of anilines is 2. The van der Waals surface area contributed by atoms with Crippen molar-refractivity contribution in [1.29, 1.82) is 0 Å². The molecule has 7 nitrogen and oxygen atoms in total. The lowest BCUT2D eigenvalue weighted by atomic mass is 10.1. The van der Waals surface area contributed by atoms with Gasteiger partial charge in [0.1, 0.15) is 0 Å². The van der Waals surface area contributed by atoms with Crippen molar-refractivity contribution in [3.8, 4) is 0 Å². The molecular weight excluding hydrogens is 252 g/mol. The van der Waals surface area contributed by atoms with Gasteiger partial charge in [-0.3, -0.25) is 4.79 Å². The number of rotatable bonds is 3. The molecule has 0 spiro atoms. The zero-order chi connectivity index (χ0) is 14.6. The van der Waals surface area contributed by atoms with Gasteiger partial charge >= 0.3 is 11.9 Å². The van der Waals surface area contributed by atoms with Gasteiger partial charge in [-0.25, -0.2) is 9.59 Å². The number of nitrogens with one attached hydrogen (secondary N) is 1. The van der Waals surface area contributed by atoms with Crippen molar-refractivity contribution >= 4 is 29.2 Å². The van der Waals surface area contributed by atoms with E-state index in [1.807, 2.05) is 0 Å². The maximum Gasteiger partial charge on any atom is 0.340 e. The Kier molecular flexibility index (Phi) is 4.46. The Balaban J connectivity index is 3.40. The van der Waals surface area contributed by atoms with Crippen molar-refractivity contribution in [2.75, 3.05) is 25.3 Å². The molecule has 1 rings (SSSR count). The molecule has 0 atom stereocenters. The zero-order valence-electron chi connectivity index (χ0n) is 10.8. The number of carbonyl (C=O) groups excluding carboxylic acids is 3. The van der Waals surface area contributed by atoms with Crippen molar-refractivity contribution in [3.05, 3.63) is 23.3 Å². The highest BCUT2D eigenvalue weighted by Crippen LogP contribution is 2.25. The number of carbonyl (C=O) groups is 3. The standard InChI is InChI=1S/C12H14N2O5/c1-6(15)14-10-5-7(11(16)18-2)9(13)4-8(10)12(17)19-3/h4-5H,13H2,1-3H3,(H,14,15). The molecule has 1 aromatic rings. The molecule has 3 N–H and O–H groups in total. The van der Waals surface area contributed by atoms with Gasteiger partial charge in [0, 0.05) is 12.6 Å². The third-order valence-corrected chi connectivity index (χ3v) is 2.31. The largest absolute Gasteiger partial charge is 0.465 e. The van der Waals surface area contributed by atoms with Crippen LogP contribution in [0.3, 0.4) is 0 Å². The van der Waals surface area contributed by atoms with Crippen LogP contribution < -0.4 is 11.1 Å². The Hall–Kier alpha value is -2.57. The lowest BCUT2D eigenvalue weighted by Gasteiger charge is -2.12. The third-order valence-electron chi connectivity index (χ3n) is 2.31. The molecule has 0 saturated heterocycles. The average Bonchev–Trinajstić information content (AvgIpc) is 2.37. The van der Waals surface area contributed by atoms with Gasteiger partial charge in [0.2, 0.25) is 5.91 Å². The first-order valence-electron chi connectivity index (χ1n) is 5.28. The van der Waals surface area contributed by atoms with Crippen LogP contribution in [0.25, 0.3) is 0 Å². The number of methoxy groups -OCH3 is 2. The predicted octanol–water partition coefficient (Wildman–Crippen LogP) is 0.800. The summed E-state index contributed by atoms with van der Waals surface area (Å²) in [7, 11) is 2.40. The molecule has 102 valence electrons. The number of nitrogens with two attached hydrogens (primary N) is 1. The minimum atomic E-state index is -0.674. The van der Waals surface area contributed by atoms with E-state index in [2.05, 4.69) is 14.8 Å². The van der Waals surface area contributed by atoms with E-state index < -0.39 is 17.8 Å². The zero-order valence-corrected chi connectivity index (χ0v) is 10.8. The number of hydrogen-bond donors (Lipinski definition) is 2. The molecule has 0 aliphatic heterocycles. The summed E-state index contributed by atoms with van der Waals surface area (Å²) in [6.07, 6.45) is 0. The second-order valence-corrected chi connectivity index (χ2v) is 3.65. The fourth-order valence-electron chi connectivity index (χ4n) is 1.48. The number of benzene rings is 1. The maximum atomic E-state index is 11.6. The van der Waals surface area contributed by atoms with Crippen molar-refractivity contribution in [2.24, 2.45) is 0 Å². The highest BCUT2D eigenvalue weighted by Gasteiger charge is 2.19. The van der Waals surface area contributed by atoms with Gasteiger partial charge in [0.25, 0.3) is 0 Å². The SMILES string of the molecule is COC(=O)c1cc(NC(C)=O)c(C(=O)OC)cc1N. The molecule has 7 heteroatoms. The molecular formula is C12H14N2O5. The average molecular weight is 266 g/mol. The normalized spacial score (nSPS) is 9.63. The van der Waals surface area contributed by atoms with Crippen LogP contribution in [-0.2, 0) is 14.3 Å². The van der Waals surface area contributed by atoms with Gasteiger partial charge in [-0.1, -0.05) is 0 Å². The first-order chi connectivity index (χ1) is 8.90. The minimum Gasteiger partial charge on any atom is -0.465 e. The molecule has 19 heavy (non-hydrogen) atoms. The molecule has 0 saturated carbocycles. The smallest absolute Gasteiger partial charge is 0.340 e. The monoisotopic (exact) mass is 266 g/mol. The number of hydrogen-bond acceptors (Lipinski definition) is 6. The molecule has 1 amide bonds. The van der Waals surface area contributed by atoms with Gasteiger partial charge in [-0.2, -0.15) is 0 Å². The molecule has 0 radical (unpaired) electrons. The Bertz CT molecular complexity index is 539. The summed E-state index contributed by atoms with van der Waals surface area (Å²) >= 11 is 0. The van der Waals surface area contributed by atoms with Gasteiger partial charge in [0.05, 0.1) is 31.0 Å². The van der Waals surface area contributed by atoms with Gasteiger partial charge < -0.3 is 20.5 Å². The van der Waals surface area contributed by atoms with Crippen LogP contribution in [0.2, 0.25) is 0 Å². The maximum absolute atomic E-state index is 11.6. The molecule has 1 aromatic carbocycles. The number of esters is 2. The predicted molar refractivity (Wildman–Crippen MR) is 67.8 cm³/mol. The molecule has 0 bridgehead atoms.